The molecule has 0 bridgehead atoms. The highest BCUT2D eigenvalue weighted by atomic mass is 32.2. The second-order valence-electron chi connectivity index (χ2n) is 4.80. The Kier molecular flexibility index (Phi) is 4.74. The summed E-state index contributed by atoms with van der Waals surface area (Å²) in [6.45, 7) is 3.75. The molecule has 1 aromatic carbocycles. The van der Waals surface area contributed by atoms with Crippen LogP contribution in [0.5, 0.6) is 0 Å². The summed E-state index contributed by atoms with van der Waals surface area (Å²) in [5.41, 5.74) is 3.78. The van der Waals surface area contributed by atoms with Crippen LogP contribution >= 0.6 is 11.3 Å². The first-order chi connectivity index (χ1) is 9.85. The molecule has 0 spiro atoms. The van der Waals surface area contributed by atoms with Gasteiger partial charge in [-0.2, -0.15) is 0 Å². The van der Waals surface area contributed by atoms with E-state index in [0.29, 0.717) is 11.4 Å². The van der Waals surface area contributed by atoms with Crippen LogP contribution in [-0.2, 0) is 20.4 Å². The van der Waals surface area contributed by atoms with E-state index in [1.807, 2.05) is 26.0 Å². The topological polar surface area (TPSA) is 76.1 Å². The van der Waals surface area contributed by atoms with Crippen LogP contribution < -0.4 is 5.32 Å². The zero-order chi connectivity index (χ0) is 15.5. The number of anilines is 1. The number of rotatable bonds is 5. The summed E-state index contributed by atoms with van der Waals surface area (Å²) < 4.78 is 24.0. The van der Waals surface area contributed by atoms with Gasteiger partial charge in [-0.3, -0.25) is 4.79 Å². The lowest BCUT2D eigenvalue weighted by molar-refractivity contribution is -0.113. The molecule has 0 aliphatic heterocycles. The molecule has 21 heavy (non-hydrogen) atoms. The minimum Gasteiger partial charge on any atom is -0.325 e. The van der Waals surface area contributed by atoms with Crippen LogP contribution in [0.4, 0.5) is 5.69 Å². The third kappa shape index (κ3) is 4.64. The van der Waals surface area contributed by atoms with Gasteiger partial charge in [0.05, 0.1) is 17.0 Å². The largest absolute Gasteiger partial charge is 0.325 e. The zero-order valence-electron chi connectivity index (χ0n) is 11.8. The number of benzene rings is 1. The molecule has 2 rings (SSSR count). The Labute approximate surface area is 128 Å². The number of aromatic nitrogens is 1. The first-order valence-electron chi connectivity index (χ1n) is 6.31. The van der Waals surface area contributed by atoms with Crippen molar-refractivity contribution < 1.29 is 13.2 Å². The number of aryl methyl sites for hydroxylation is 2. The fraction of sp³-hybridized carbons (Fsp3) is 0.286. The molecule has 1 heterocycles. The van der Waals surface area contributed by atoms with E-state index in [-0.39, 0.29) is 5.75 Å². The molecule has 0 saturated heterocycles. The van der Waals surface area contributed by atoms with Crippen LogP contribution in [0.25, 0.3) is 0 Å². The van der Waals surface area contributed by atoms with Crippen molar-refractivity contribution in [2.45, 2.75) is 19.6 Å². The Morgan fingerprint density at radius 3 is 2.48 bits per heavy atom. The molecule has 112 valence electrons. The molecule has 0 unspecified atom stereocenters. The Morgan fingerprint density at radius 1 is 1.24 bits per heavy atom. The summed E-state index contributed by atoms with van der Waals surface area (Å²) in [7, 11) is -3.52. The molecule has 0 fully saturated rings. The molecule has 0 radical (unpaired) electrons. The number of nitrogens with one attached hydrogen (secondary N) is 1. The van der Waals surface area contributed by atoms with E-state index >= 15 is 0 Å². The van der Waals surface area contributed by atoms with Gasteiger partial charge in [0, 0.05) is 10.6 Å². The lowest BCUT2D eigenvalue weighted by Gasteiger charge is -2.06. The Hall–Kier alpha value is -1.73. The normalized spacial score (nSPS) is 11.3. The van der Waals surface area contributed by atoms with Crippen molar-refractivity contribution >= 4 is 32.8 Å². The van der Waals surface area contributed by atoms with Gasteiger partial charge in [0.1, 0.15) is 5.75 Å². The van der Waals surface area contributed by atoms with Gasteiger partial charge in [-0.1, -0.05) is 17.7 Å². The quantitative estimate of drug-likeness (QED) is 0.915. The van der Waals surface area contributed by atoms with Gasteiger partial charge in [-0.15, -0.1) is 11.3 Å². The highest BCUT2D eigenvalue weighted by Crippen LogP contribution is 2.15. The average molecular weight is 324 g/mol. The molecule has 0 saturated carbocycles. The maximum absolute atomic E-state index is 12.0. The number of hydrogen-bond acceptors (Lipinski definition) is 5. The average Bonchev–Trinajstić information content (AvgIpc) is 2.76. The summed E-state index contributed by atoms with van der Waals surface area (Å²) >= 11 is 1.39. The predicted octanol–water partition coefficient (Wildman–Crippen LogP) is 2.31. The van der Waals surface area contributed by atoms with E-state index < -0.39 is 21.5 Å². The summed E-state index contributed by atoms with van der Waals surface area (Å²) in [6.07, 6.45) is 0. The van der Waals surface area contributed by atoms with Crippen LogP contribution in [0.3, 0.4) is 0 Å². The van der Waals surface area contributed by atoms with E-state index in [2.05, 4.69) is 10.3 Å². The highest BCUT2D eigenvalue weighted by Gasteiger charge is 2.19. The van der Waals surface area contributed by atoms with Gasteiger partial charge in [-0.25, -0.2) is 13.4 Å². The van der Waals surface area contributed by atoms with Crippen molar-refractivity contribution in [1.82, 2.24) is 4.98 Å². The van der Waals surface area contributed by atoms with Crippen LogP contribution in [0.1, 0.15) is 16.1 Å². The lowest BCUT2D eigenvalue weighted by atomic mass is 10.2. The molecule has 0 atom stereocenters. The number of amides is 1. The van der Waals surface area contributed by atoms with Gasteiger partial charge in [-0.05, 0) is 26.0 Å². The summed E-state index contributed by atoms with van der Waals surface area (Å²) in [4.78, 5) is 16.7. The fourth-order valence-corrected chi connectivity index (χ4v) is 3.73. The standard InChI is InChI=1S/C14H16N2O3S2/c1-10-3-5-12(6-4-10)16-14(17)8-21(18,19)7-13-11(2)20-9-15-13/h3-6,9H,7-8H2,1-2H3,(H,16,17). The van der Waals surface area contributed by atoms with E-state index in [4.69, 9.17) is 0 Å². The number of nitrogens with zero attached hydrogens (tertiary/aromatic N) is 1. The number of thiazole rings is 1. The summed E-state index contributed by atoms with van der Waals surface area (Å²) in [6, 6.07) is 7.18. The predicted molar refractivity (Wildman–Crippen MR) is 84.2 cm³/mol. The Balaban J connectivity index is 1.98. The SMILES string of the molecule is Cc1ccc(NC(=O)CS(=O)(=O)Cc2ncsc2C)cc1. The first kappa shape index (κ1) is 15.7. The summed E-state index contributed by atoms with van der Waals surface area (Å²) in [5.74, 6) is -1.28. The maximum Gasteiger partial charge on any atom is 0.239 e. The second kappa shape index (κ2) is 6.36. The monoisotopic (exact) mass is 324 g/mol. The molecular formula is C14H16N2O3S2. The van der Waals surface area contributed by atoms with E-state index in [9.17, 15) is 13.2 Å². The minimum atomic E-state index is -3.52. The van der Waals surface area contributed by atoms with Gasteiger partial charge >= 0.3 is 0 Å². The van der Waals surface area contributed by atoms with Gasteiger partial charge in [0.2, 0.25) is 5.91 Å². The van der Waals surface area contributed by atoms with Crippen molar-refractivity contribution in [3.05, 3.63) is 45.9 Å². The van der Waals surface area contributed by atoms with E-state index in [0.717, 1.165) is 10.4 Å². The van der Waals surface area contributed by atoms with Crippen LogP contribution in [0, 0.1) is 13.8 Å². The molecule has 0 aliphatic carbocycles. The third-order valence-corrected chi connectivity index (χ3v) is 5.10. The minimum absolute atomic E-state index is 0.205. The molecule has 5 nitrogen and oxygen atoms in total. The number of carbonyl (C=O) groups excluding carboxylic acids is 1. The number of hydrogen-bond donors (Lipinski definition) is 1. The van der Waals surface area contributed by atoms with Gasteiger partial charge in [0.15, 0.2) is 9.84 Å². The summed E-state index contributed by atoms with van der Waals surface area (Å²) in [5, 5.41) is 2.58. The van der Waals surface area contributed by atoms with Crippen LogP contribution in [0.2, 0.25) is 0 Å². The van der Waals surface area contributed by atoms with Crippen molar-refractivity contribution in [1.29, 1.82) is 0 Å². The zero-order valence-corrected chi connectivity index (χ0v) is 13.4. The van der Waals surface area contributed by atoms with Crippen molar-refractivity contribution in [3.8, 4) is 0 Å². The van der Waals surface area contributed by atoms with Crippen molar-refractivity contribution in [2.75, 3.05) is 11.1 Å². The van der Waals surface area contributed by atoms with E-state index in [1.165, 1.54) is 11.3 Å². The maximum atomic E-state index is 12.0. The molecule has 0 aliphatic rings. The number of carbonyl (C=O) groups is 1. The van der Waals surface area contributed by atoms with Crippen molar-refractivity contribution in [3.63, 3.8) is 0 Å². The third-order valence-electron chi connectivity index (χ3n) is 2.89. The number of sulfone groups is 1. The molecule has 2 aromatic rings. The van der Waals surface area contributed by atoms with Crippen LogP contribution in [0.15, 0.2) is 29.8 Å². The van der Waals surface area contributed by atoms with E-state index in [1.54, 1.807) is 17.6 Å². The van der Waals surface area contributed by atoms with Gasteiger partial charge < -0.3 is 5.32 Å². The molecular weight excluding hydrogens is 308 g/mol. The lowest BCUT2D eigenvalue weighted by Crippen LogP contribution is -2.24. The highest BCUT2D eigenvalue weighted by molar-refractivity contribution is 7.91. The fourth-order valence-electron chi connectivity index (χ4n) is 1.76. The Bertz CT molecular complexity index is 734. The van der Waals surface area contributed by atoms with Gasteiger partial charge in [0.25, 0.3) is 0 Å². The molecule has 7 heteroatoms. The second-order valence-corrected chi connectivity index (χ2v) is 7.93. The first-order valence-corrected chi connectivity index (χ1v) is 9.02. The Morgan fingerprint density at radius 2 is 1.90 bits per heavy atom. The van der Waals surface area contributed by atoms with Crippen LogP contribution in [-0.4, -0.2) is 25.1 Å². The van der Waals surface area contributed by atoms with Crippen molar-refractivity contribution in [2.24, 2.45) is 0 Å². The molecule has 1 N–H and O–H groups in total. The smallest absolute Gasteiger partial charge is 0.239 e. The molecule has 1 aromatic heterocycles. The molecule has 1 amide bonds.